The summed E-state index contributed by atoms with van der Waals surface area (Å²) in [5.41, 5.74) is 19.9. The van der Waals surface area contributed by atoms with Crippen molar-refractivity contribution in [1.82, 2.24) is 4.98 Å². The van der Waals surface area contributed by atoms with Gasteiger partial charge < -0.3 is 5.73 Å². The number of aromatic nitrogens is 1. The van der Waals surface area contributed by atoms with Gasteiger partial charge in [-0.1, -0.05) is 189 Å². The zero-order valence-electron chi connectivity index (χ0n) is 33.2. The molecule has 0 aliphatic rings. The number of aliphatic imine (C=N–C) groups is 2. The average molecular weight is 771 g/mol. The molecule has 0 bridgehead atoms. The monoisotopic (exact) mass is 770 g/mol. The molecule has 0 saturated carbocycles. The first-order valence-electron chi connectivity index (χ1n) is 20.1. The summed E-state index contributed by atoms with van der Waals surface area (Å²) in [5.74, 6) is 0.990. The molecular formula is C56H42N4. The molecule has 0 atom stereocenters. The predicted molar refractivity (Wildman–Crippen MR) is 255 cm³/mol. The second-order valence-corrected chi connectivity index (χ2v) is 14.7. The summed E-state index contributed by atoms with van der Waals surface area (Å²) in [7, 11) is 0. The van der Waals surface area contributed by atoms with Crippen LogP contribution in [0.2, 0.25) is 0 Å². The summed E-state index contributed by atoms with van der Waals surface area (Å²) in [6, 6.07) is 67.3. The van der Waals surface area contributed by atoms with Crippen LogP contribution in [0.1, 0.15) is 27.9 Å². The van der Waals surface area contributed by atoms with Gasteiger partial charge in [-0.25, -0.2) is 9.98 Å². The first-order chi connectivity index (χ1) is 29.6. The number of nitrogens with two attached hydrogens (primary N) is 1. The molecule has 0 aliphatic heterocycles. The Morgan fingerprint density at radius 2 is 1.02 bits per heavy atom. The number of hydrogen-bond acceptors (Lipinski definition) is 2. The van der Waals surface area contributed by atoms with Crippen LogP contribution >= 0.6 is 0 Å². The highest BCUT2D eigenvalue weighted by Crippen LogP contribution is 2.40. The molecule has 8 aromatic carbocycles. The van der Waals surface area contributed by atoms with Crippen molar-refractivity contribution < 1.29 is 0 Å². The van der Waals surface area contributed by atoms with Gasteiger partial charge >= 0.3 is 0 Å². The van der Waals surface area contributed by atoms with Gasteiger partial charge in [0.05, 0.1) is 17.9 Å². The third-order valence-electron chi connectivity index (χ3n) is 10.9. The van der Waals surface area contributed by atoms with E-state index in [2.05, 4.69) is 141 Å². The van der Waals surface area contributed by atoms with E-state index >= 15 is 0 Å². The van der Waals surface area contributed by atoms with E-state index in [0.717, 1.165) is 88.6 Å². The maximum absolute atomic E-state index is 6.59. The number of benzene rings is 8. The second kappa shape index (κ2) is 16.9. The summed E-state index contributed by atoms with van der Waals surface area (Å²) in [6.07, 6.45) is 3.69. The Bertz CT molecular complexity index is 3090. The number of hydrogen-bond donors (Lipinski definition) is 1. The SMILES string of the molecule is C=Cc1nc(-c2ccc(-c3cc(CN=C(N=C(N)c4ccccc4)c4ccccc4)cc(-c4cccc(-c5ccccc5)c4)c3)c3ccccc23)c2ccccc2c1C=C. The van der Waals surface area contributed by atoms with Crippen molar-refractivity contribution in [3.8, 4) is 44.6 Å². The Balaban J connectivity index is 1.22. The van der Waals surface area contributed by atoms with E-state index in [4.69, 9.17) is 20.7 Å². The van der Waals surface area contributed by atoms with E-state index < -0.39 is 0 Å². The van der Waals surface area contributed by atoms with Crippen LogP contribution in [-0.4, -0.2) is 16.7 Å². The molecule has 9 rings (SSSR count). The van der Waals surface area contributed by atoms with Crippen molar-refractivity contribution in [3.63, 3.8) is 0 Å². The molecule has 2 N–H and O–H groups in total. The van der Waals surface area contributed by atoms with Gasteiger partial charge in [-0.2, -0.15) is 0 Å². The molecule has 1 heterocycles. The first kappa shape index (κ1) is 37.6. The average Bonchev–Trinajstić information content (AvgIpc) is 3.32. The number of pyridine rings is 1. The van der Waals surface area contributed by atoms with Crippen LogP contribution in [0.3, 0.4) is 0 Å². The zero-order valence-corrected chi connectivity index (χ0v) is 33.2. The molecule has 0 fully saturated rings. The highest BCUT2D eigenvalue weighted by Gasteiger charge is 2.17. The van der Waals surface area contributed by atoms with E-state index in [9.17, 15) is 0 Å². The van der Waals surface area contributed by atoms with E-state index in [1.54, 1.807) is 0 Å². The third kappa shape index (κ3) is 7.58. The lowest BCUT2D eigenvalue weighted by atomic mass is 9.89. The molecule has 0 aliphatic carbocycles. The summed E-state index contributed by atoms with van der Waals surface area (Å²) >= 11 is 0. The quantitative estimate of drug-likeness (QED) is 0.111. The van der Waals surface area contributed by atoms with E-state index in [1.165, 1.54) is 5.56 Å². The first-order valence-corrected chi connectivity index (χ1v) is 20.1. The van der Waals surface area contributed by atoms with E-state index in [-0.39, 0.29) is 0 Å². The summed E-state index contributed by atoms with van der Waals surface area (Å²) in [6.45, 7) is 8.59. The second-order valence-electron chi connectivity index (χ2n) is 14.7. The number of nitrogens with zero attached hydrogens (tertiary/aromatic N) is 3. The Morgan fingerprint density at radius 1 is 0.483 bits per heavy atom. The summed E-state index contributed by atoms with van der Waals surface area (Å²) in [5, 5.41) is 4.41. The van der Waals surface area contributed by atoms with Gasteiger partial charge in [-0.05, 0) is 85.4 Å². The lowest BCUT2D eigenvalue weighted by Crippen LogP contribution is -2.16. The summed E-state index contributed by atoms with van der Waals surface area (Å²) < 4.78 is 0. The van der Waals surface area contributed by atoms with E-state index in [1.807, 2.05) is 78.9 Å². The van der Waals surface area contributed by atoms with Crippen molar-refractivity contribution in [3.05, 3.63) is 235 Å². The minimum atomic E-state index is 0.390. The van der Waals surface area contributed by atoms with Gasteiger partial charge in [0.1, 0.15) is 5.84 Å². The van der Waals surface area contributed by atoms with Crippen molar-refractivity contribution >= 4 is 45.4 Å². The van der Waals surface area contributed by atoms with Gasteiger partial charge in [-0.3, -0.25) is 4.99 Å². The minimum absolute atomic E-state index is 0.390. The van der Waals surface area contributed by atoms with Crippen molar-refractivity contribution in [2.75, 3.05) is 0 Å². The number of fused-ring (bicyclic) bond motifs is 2. The topological polar surface area (TPSA) is 63.6 Å². The van der Waals surface area contributed by atoms with Crippen LogP contribution < -0.4 is 5.73 Å². The fraction of sp³-hybridized carbons (Fsp3) is 0.0179. The van der Waals surface area contributed by atoms with Crippen LogP contribution in [0.5, 0.6) is 0 Å². The molecule has 4 heteroatoms. The largest absolute Gasteiger partial charge is 0.383 e. The van der Waals surface area contributed by atoms with Gasteiger partial charge in [0, 0.05) is 27.6 Å². The molecule has 60 heavy (non-hydrogen) atoms. The molecule has 0 spiro atoms. The van der Waals surface area contributed by atoms with Crippen LogP contribution in [0.25, 0.3) is 78.3 Å². The van der Waals surface area contributed by atoms with Crippen LogP contribution in [-0.2, 0) is 6.54 Å². The van der Waals surface area contributed by atoms with Crippen molar-refractivity contribution in [2.45, 2.75) is 6.54 Å². The molecule has 0 radical (unpaired) electrons. The van der Waals surface area contributed by atoms with Crippen molar-refractivity contribution in [2.24, 2.45) is 15.7 Å². The van der Waals surface area contributed by atoms with Crippen LogP contribution in [0.15, 0.2) is 217 Å². The number of amidine groups is 2. The third-order valence-corrected chi connectivity index (χ3v) is 10.9. The fourth-order valence-electron chi connectivity index (χ4n) is 7.98. The van der Waals surface area contributed by atoms with Gasteiger partial charge in [0.15, 0.2) is 5.84 Å². The highest BCUT2D eigenvalue weighted by atomic mass is 15.0. The fourth-order valence-corrected chi connectivity index (χ4v) is 7.98. The van der Waals surface area contributed by atoms with E-state index in [0.29, 0.717) is 18.2 Å². The zero-order chi connectivity index (χ0) is 40.8. The molecule has 1 aromatic heterocycles. The van der Waals surface area contributed by atoms with Gasteiger partial charge in [-0.15, -0.1) is 0 Å². The maximum atomic E-state index is 6.59. The smallest absolute Gasteiger partial charge is 0.157 e. The molecule has 286 valence electrons. The van der Waals surface area contributed by atoms with Crippen LogP contribution in [0.4, 0.5) is 0 Å². The Kier molecular flexibility index (Phi) is 10.6. The highest BCUT2D eigenvalue weighted by molar-refractivity contribution is 6.12. The Morgan fingerprint density at radius 3 is 1.70 bits per heavy atom. The molecule has 0 amide bonds. The standard InChI is InChI=1S/C56H42N4/c1-3-46-48-27-16-17-30-51(48)54(59-53(46)4-2)52-32-31-47(49-28-14-15-29-50(49)52)45-34-38(33-44(36-45)43-26-18-25-42(35-43)39-19-8-5-9-20-39)37-58-56(41-23-12-7-13-24-41)60-55(57)40-21-10-6-11-22-40/h3-36H,1-2,37H2,(H2,57,58,60). The van der Waals surface area contributed by atoms with Crippen LogP contribution in [0, 0.1) is 0 Å². The minimum Gasteiger partial charge on any atom is -0.383 e. The lowest BCUT2D eigenvalue weighted by molar-refractivity contribution is 1.06. The Hall–Kier alpha value is -7.95. The van der Waals surface area contributed by atoms with Crippen molar-refractivity contribution in [1.29, 1.82) is 0 Å². The molecule has 0 unspecified atom stereocenters. The lowest BCUT2D eigenvalue weighted by Gasteiger charge is -2.17. The Labute approximate surface area is 351 Å². The normalized spacial score (nSPS) is 11.8. The maximum Gasteiger partial charge on any atom is 0.157 e. The van der Waals surface area contributed by atoms with Gasteiger partial charge in [0.2, 0.25) is 0 Å². The summed E-state index contributed by atoms with van der Waals surface area (Å²) in [4.78, 5) is 15.3. The number of rotatable bonds is 10. The molecule has 4 nitrogen and oxygen atoms in total. The molecular weight excluding hydrogens is 729 g/mol. The molecule has 0 saturated heterocycles. The predicted octanol–water partition coefficient (Wildman–Crippen LogP) is 13.7. The van der Waals surface area contributed by atoms with Gasteiger partial charge in [0.25, 0.3) is 0 Å². The molecule has 9 aromatic rings.